The fourth-order valence-electron chi connectivity index (χ4n) is 1.92. The summed E-state index contributed by atoms with van der Waals surface area (Å²) < 4.78 is 4.69. The van der Waals surface area contributed by atoms with Crippen molar-refractivity contribution in [2.24, 2.45) is 0 Å². The molecule has 6 nitrogen and oxygen atoms in total. The van der Waals surface area contributed by atoms with E-state index < -0.39 is 23.7 Å². The average molecular weight is 243 g/mol. The largest absolute Gasteiger partial charge is 0.479 e. The van der Waals surface area contributed by atoms with Crippen LogP contribution in [0.25, 0.3) is 0 Å². The molecule has 0 aromatic rings. The zero-order chi connectivity index (χ0) is 12.9. The Labute approximate surface area is 99.3 Å². The van der Waals surface area contributed by atoms with Crippen molar-refractivity contribution in [3.05, 3.63) is 12.7 Å². The molecule has 6 heteroatoms. The number of nitrogens with one attached hydrogen (secondary N) is 1. The van der Waals surface area contributed by atoms with E-state index in [0.717, 1.165) is 6.42 Å². The summed E-state index contributed by atoms with van der Waals surface area (Å²) in [6, 6.07) is -0.814. The van der Waals surface area contributed by atoms with E-state index in [1.54, 1.807) is 0 Å². The van der Waals surface area contributed by atoms with Gasteiger partial charge in [0.05, 0.1) is 6.04 Å². The normalized spacial score (nSPS) is 28.2. The molecule has 0 spiro atoms. The van der Waals surface area contributed by atoms with Crippen LogP contribution in [0.5, 0.6) is 0 Å². The highest BCUT2D eigenvalue weighted by Crippen LogP contribution is 2.28. The first-order valence-electron chi connectivity index (χ1n) is 5.50. The Morgan fingerprint density at radius 3 is 2.82 bits per heavy atom. The molecule has 3 N–H and O–H groups in total. The number of alkyl carbamates (subject to hydrolysis) is 1. The van der Waals surface area contributed by atoms with Gasteiger partial charge in [0, 0.05) is 0 Å². The third kappa shape index (κ3) is 3.20. The van der Waals surface area contributed by atoms with Gasteiger partial charge in [-0.05, 0) is 19.3 Å². The van der Waals surface area contributed by atoms with Gasteiger partial charge in [-0.1, -0.05) is 19.1 Å². The van der Waals surface area contributed by atoms with Crippen LogP contribution in [-0.4, -0.2) is 40.5 Å². The Hall–Kier alpha value is -1.56. The van der Waals surface area contributed by atoms with Gasteiger partial charge < -0.3 is 20.3 Å². The molecule has 1 aliphatic rings. The second-order valence-corrected chi connectivity index (χ2v) is 4.06. The molecule has 1 fully saturated rings. The van der Waals surface area contributed by atoms with Gasteiger partial charge in [-0.15, -0.1) is 0 Å². The van der Waals surface area contributed by atoms with E-state index >= 15 is 0 Å². The highest BCUT2D eigenvalue weighted by Gasteiger charge is 2.46. The molecule has 0 aliphatic heterocycles. The van der Waals surface area contributed by atoms with Crippen molar-refractivity contribution < 1.29 is 24.5 Å². The van der Waals surface area contributed by atoms with Crippen molar-refractivity contribution in [1.29, 1.82) is 0 Å². The summed E-state index contributed by atoms with van der Waals surface area (Å²) in [4.78, 5) is 22.3. The van der Waals surface area contributed by atoms with E-state index in [1.807, 2.05) is 0 Å². The molecule has 0 aromatic heterocycles. The maximum absolute atomic E-state index is 11.3. The summed E-state index contributed by atoms with van der Waals surface area (Å²) in [6.07, 6.45) is 2.62. The summed E-state index contributed by atoms with van der Waals surface area (Å²) in [5.41, 5.74) is -1.90. The number of carboxylic acids is 1. The van der Waals surface area contributed by atoms with E-state index in [0.29, 0.717) is 12.8 Å². The van der Waals surface area contributed by atoms with Crippen LogP contribution >= 0.6 is 0 Å². The zero-order valence-corrected chi connectivity index (χ0v) is 9.52. The molecule has 1 rings (SSSR count). The van der Waals surface area contributed by atoms with E-state index in [4.69, 9.17) is 9.84 Å². The first-order valence-corrected chi connectivity index (χ1v) is 5.50. The van der Waals surface area contributed by atoms with Crippen LogP contribution in [0.4, 0.5) is 4.79 Å². The van der Waals surface area contributed by atoms with Gasteiger partial charge >= 0.3 is 12.1 Å². The maximum Gasteiger partial charge on any atom is 0.407 e. The van der Waals surface area contributed by atoms with Crippen LogP contribution in [0.15, 0.2) is 12.7 Å². The molecule has 96 valence electrons. The van der Waals surface area contributed by atoms with E-state index in [1.165, 1.54) is 6.08 Å². The fourth-order valence-corrected chi connectivity index (χ4v) is 1.92. The minimum Gasteiger partial charge on any atom is -0.479 e. The Morgan fingerprint density at radius 1 is 1.53 bits per heavy atom. The van der Waals surface area contributed by atoms with Gasteiger partial charge in [0.1, 0.15) is 6.61 Å². The number of hydrogen-bond donors (Lipinski definition) is 3. The van der Waals surface area contributed by atoms with Gasteiger partial charge in [-0.25, -0.2) is 9.59 Å². The fraction of sp³-hybridized carbons (Fsp3) is 0.636. The topological polar surface area (TPSA) is 95.9 Å². The summed E-state index contributed by atoms with van der Waals surface area (Å²) in [5, 5.41) is 21.4. The Morgan fingerprint density at radius 2 is 2.24 bits per heavy atom. The number of amides is 1. The number of aliphatic hydroxyl groups is 1. The summed E-state index contributed by atoms with van der Waals surface area (Å²) >= 11 is 0. The predicted octanol–water partition coefficient (Wildman–Crippen LogP) is 0.657. The number of ether oxygens (including phenoxy) is 1. The minimum absolute atomic E-state index is 0.0457. The third-order valence-electron chi connectivity index (χ3n) is 2.87. The highest BCUT2D eigenvalue weighted by molar-refractivity contribution is 5.80. The molecule has 0 aromatic carbocycles. The summed E-state index contributed by atoms with van der Waals surface area (Å²) in [6.45, 7) is 3.43. The lowest BCUT2D eigenvalue weighted by atomic mass is 9.80. The number of rotatable bonds is 4. The lowest BCUT2D eigenvalue weighted by Crippen LogP contribution is -2.59. The second-order valence-electron chi connectivity index (χ2n) is 4.06. The van der Waals surface area contributed by atoms with E-state index in [9.17, 15) is 14.7 Å². The molecule has 0 saturated heterocycles. The van der Waals surface area contributed by atoms with Gasteiger partial charge in [-0.2, -0.15) is 0 Å². The Bertz CT molecular complexity index is 317. The third-order valence-corrected chi connectivity index (χ3v) is 2.87. The molecule has 1 saturated carbocycles. The molecule has 0 radical (unpaired) electrons. The monoisotopic (exact) mass is 243 g/mol. The first kappa shape index (κ1) is 13.5. The average Bonchev–Trinajstić information content (AvgIpc) is 2.29. The number of carboxylic acid groups (broad SMARTS) is 1. The van der Waals surface area contributed by atoms with Crippen molar-refractivity contribution in [3.8, 4) is 0 Å². The summed E-state index contributed by atoms with van der Waals surface area (Å²) in [7, 11) is 0. The quantitative estimate of drug-likeness (QED) is 0.630. The number of hydrogen-bond acceptors (Lipinski definition) is 4. The SMILES string of the molecule is C=CCOC(=O)N[C@@H]1CCCC[C@]1(O)C(=O)O. The van der Waals surface area contributed by atoms with Crippen LogP contribution in [0.2, 0.25) is 0 Å². The van der Waals surface area contributed by atoms with Crippen LogP contribution in [0.1, 0.15) is 25.7 Å². The van der Waals surface area contributed by atoms with Crippen molar-refractivity contribution in [3.63, 3.8) is 0 Å². The minimum atomic E-state index is -1.90. The standard InChI is InChI=1S/C11H17NO5/c1-2-7-17-10(15)12-8-5-3-4-6-11(8,16)9(13)14/h2,8,16H,1,3-7H2,(H,12,15)(H,13,14)/t8-,11-/m1/s1. The molecule has 0 unspecified atom stereocenters. The van der Waals surface area contributed by atoms with Gasteiger partial charge in [0.2, 0.25) is 0 Å². The molecule has 17 heavy (non-hydrogen) atoms. The van der Waals surface area contributed by atoms with Gasteiger partial charge in [0.15, 0.2) is 5.60 Å². The highest BCUT2D eigenvalue weighted by atomic mass is 16.5. The number of carbonyl (C=O) groups is 2. The molecule has 1 amide bonds. The zero-order valence-electron chi connectivity index (χ0n) is 9.52. The van der Waals surface area contributed by atoms with Crippen molar-refractivity contribution in [2.75, 3.05) is 6.61 Å². The van der Waals surface area contributed by atoms with E-state index in [-0.39, 0.29) is 13.0 Å². The molecule has 0 heterocycles. The smallest absolute Gasteiger partial charge is 0.407 e. The lowest BCUT2D eigenvalue weighted by molar-refractivity contribution is -0.164. The Balaban J connectivity index is 2.63. The van der Waals surface area contributed by atoms with Crippen molar-refractivity contribution >= 4 is 12.1 Å². The lowest BCUT2D eigenvalue weighted by Gasteiger charge is -2.36. The molecule has 0 bridgehead atoms. The predicted molar refractivity (Wildman–Crippen MR) is 59.5 cm³/mol. The Kier molecular flexibility index (Phi) is 4.51. The van der Waals surface area contributed by atoms with Crippen molar-refractivity contribution in [1.82, 2.24) is 5.32 Å². The van der Waals surface area contributed by atoms with Crippen LogP contribution < -0.4 is 5.32 Å². The molecular weight excluding hydrogens is 226 g/mol. The number of carbonyl (C=O) groups excluding carboxylic acids is 1. The second kappa shape index (κ2) is 5.67. The van der Waals surface area contributed by atoms with Crippen LogP contribution in [-0.2, 0) is 9.53 Å². The summed E-state index contributed by atoms with van der Waals surface area (Å²) in [5.74, 6) is -1.31. The van der Waals surface area contributed by atoms with Crippen LogP contribution in [0, 0.1) is 0 Å². The van der Waals surface area contributed by atoms with E-state index in [2.05, 4.69) is 11.9 Å². The molecule has 1 aliphatic carbocycles. The van der Waals surface area contributed by atoms with Crippen molar-refractivity contribution in [2.45, 2.75) is 37.3 Å². The first-order chi connectivity index (χ1) is 8.00. The maximum atomic E-state index is 11.3. The van der Waals surface area contributed by atoms with Crippen LogP contribution in [0.3, 0.4) is 0 Å². The van der Waals surface area contributed by atoms with Gasteiger partial charge in [0.25, 0.3) is 0 Å². The molecular formula is C11H17NO5. The van der Waals surface area contributed by atoms with Gasteiger partial charge in [-0.3, -0.25) is 0 Å². The number of aliphatic carboxylic acids is 1. The molecule has 2 atom stereocenters.